The molecule has 0 aromatic carbocycles. The van der Waals surface area contributed by atoms with Crippen molar-refractivity contribution < 1.29 is 19.3 Å². The Morgan fingerprint density at radius 3 is 2.33 bits per heavy atom. The molecule has 0 fully saturated rings. The molecule has 0 amide bonds. The highest BCUT2D eigenvalue weighted by atomic mass is 31.1. The van der Waals surface area contributed by atoms with Gasteiger partial charge < -0.3 is 10.00 Å². The maximum Gasteiger partial charge on any atom is 0.376 e. The van der Waals surface area contributed by atoms with E-state index in [2.05, 4.69) is 4.52 Å². The van der Waals surface area contributed by atoms with Crippen LogP contribution in [0.3, 0.4) is 0 Å². The number of carboxylic acids is 1. The molecule has 1 atom stereocenters. The molecule has 0 aromatic rings. The zero-order chi connectivity index (χ0) is 7.44. The topological polar surface area (TPSA) is 69.6 Å². The molecule has 0 rings (SSSR count). The molecule has 4 nitrogen and oxygen atoms in total. The molecular formula is C4H7O4P. The van der Waals surface area contributed by atoms with Crippen LogP contribution < -0.4 is 4.89 Å². The van der Waals surface area contributed by atoms with E-state index in [1.165, 1.54) is 14.0 Å². The van der Waals surface area contributed by atoms with Crippen LogP contribution in [0.4, 0.5) is 0 Å². The highest BCUT2D eigenvalue weighted by molar-refractivity contribution is 7.49. The largest absolute Gasteiger partial charge is 0.603 e. The number of carboxylic acid groups (broad SMARTS) is 1. The van der Waals surface area contributed by atoms with E-state index < -0.39 is 14.0 Å². The third-order valence-electron chi connectivity index (χ3n) is 0.749. The van der Waals surface area contributed by atoms with E-state index in [9.17, 15) is 9.69 Å². The van der Waals surface area contributed by atoms with Gasteiger partial charge in [0, 0.05) is 6.92 Å². The van der Waals surface area contributed by atoms with Gasteiger partial charge in [-0.15, -0.1) is 0 Å². The molecule has 52 valence electrons. The quantitative estimate of drug-likeness (QED) is 0.543. The molecule has 0 radical (unpaired) electrons. The van der Waals surface area contributed by atoms with E-state index in [0.717, 1.165) is 0 Å². The predicted octanol–water partition coefficient (Wildman–Crippen LogP) is -0.418. The van der Waals surface area contributed by atoms with Crippen LogP contribution in [0.15, 0.2) is 0 Å². The number of hydrogen-bond acceptors (Lipinski definition) is 3. The SMILES string of the molecule is CO/[P+]([O-])=C(\C)C(=O)O. The molecular weight excluding hydrogens is 143 g/mol. The molecule has 0 bridgehead atoms. The van der Waals surface area contributed by atoms with Gasteiger partial charge in [-0.2, -0.15) is 4.52 Å². The van der Waals surface area contributed by atoms with Crippen molar-refractivity contribution in [3.63, 3.8) is 0 Å². The number of hydrogen-bond donors (Lipinski definition) is 1. The van der Waals surface area contributed by atoms with Crippen LogP contribution in [0, 0.1) is 0 Å². The summed E-state index contributed by atoms with van der Waals surface area (Å²) < 4.78 is 4.26. The fourth-order valence-corrected chi connectivity index (χ4v) is 0.645. The molecule has 0 saturated heterocycles. The Kier molecular flexibility index (Phi) is 3.39. The Labute approximate surface area is 53.6 Å². The molecule has 0 aliphatic heterocycles. The summed E-state index contributed by atoms with van der Waals surface area (Å²) in [6.45, 7) is 1.25. The summed E-state index contributed by atoms with van der Waals surface area (Å²) in [5, 5.41) is 8.02. The van der Waals surface area contributed by atoms with Crippen LogP contribution in [-0.4, -0.2) is 23.5 Å². The van der Waals surface area contributed by atoms with E-state index in [-0.39, 0.29) is 5.29 Å². The molecule has 5 heteroatoms. The van der Waals surface area contributed by atoms with Crippen molar-refractivity contribution >= 4 is 19.3 Å². The summed E-state index contributed by atoms with van der Waals surface area (Å²) in [4.78, 5) is 20.5. The van der Waals surface area contributed by atoms with E-state index in [0.29, 0.717) is 0 Å². The Morgan fingerprint density at radius 2 is 2.22 bits per heavy atom. The lowest BCUT2D eigenvalue weighted by Crippen LogP contribution is -2.11. The zero-order valence-corrected chi connectivity index (χ0v) is 6.01. The van der Waals surface area contributed by atoms with Gasteiger partial charge in [0.2, 0.25) is 13.3 Å². The van der Waals surface area contributed by atoms with Gasteiger partial charge in [0.05, 0.1) is 7.11 Å². The van der Waals surface area contributed by atoms with Gasteiger partial charge in [0.15, 0.2) is 0 Å². The van der Waals surface area contributed by atoms with Crippen molar-refractivity contribution in [2.45, 2.75) is 6.92 Å². The minimum atomic E-state index is -2.11. The second kappa shape index (κ2) is 3.56. The highest BCUT2D eigenvalue weighted by Gasteiger charge is 2.11. The number of aliphatic carboxylic acids is 1. The van der Waals surface area contributed by atoms with Crippen molar-refractivity contribution in [1.29, 1.82) is 0 Å². The van der Waals surface area contributed by atoms with Crippen LogP contribution in [-0.2, 0) is 9.32 Å². The van der Waals surface area contributed by atoms with Crippen LogP contribution >= 0.6 is 8.00 Å². The number of carbonyl (C=O) groups is 1. The fourth-order valence-electron chi connectivity index (χ4n) is 0.215. The van der Waals surface area contributed by atoms with Crippen LogP contribution in [0.1, 0.15) is 6.92 Å². The van der Waals surface area contributed by atoms with Gasteiger partial charge in [-0.25, -0.2) is 4.79 Å². The zero-order valence-electron chi connectivity index (χ0n) is 5.12. The third kappa shape index (κ3) is 2.56. The van der Waals surface area contributed by atoms with Crippen LogP contribution in [0.5, 0.6) is 0 Å². The summed E-state index contributed by atoms with van der Waals surface area (Å²) in [6, 6.07) is 0. The molecule has 0 aliphatic carbocycles. The molecule has 0 aromatic heterocycles. The monoisotopic (exact) mass is 150 g/mol. The van der Waals surface area contributed by atoms with E-state index in [1.807, 2.05) is 0 Å². The van der Waals surface area contributed by atoms with Gasteiger partial charge in [-0.3, -0.25) is 0 Å². The molecule has 1 N–H and O–H groups in total. The smallest absolute Gasteiger partial charge is 0.376 e. The van der Waals surface area contributed by atoms with E-state index >= 15 is 0 Å². The van der Waals surface area contributed by atoms with Gasteiger partial charge >= 0.3 is 5.97 Å². The molecule has 0 aliphatic rings. The average molecular weight is 150 g/mol. The minimum Gasteiger partial charge on any atom is -0.603 e. The predicted molar refractivity (Wildman–Crippen MR) is 32.2 cm³/mol. The van der Waals surface area contributed by atoms with Gasteiger partial charge in [0.25, 0.3) is 0 Å². The van der Waals surface area contributed by atoms with Gasteiger partial charge in [-0.05, 0) is 0 Å². The second-order valence-corrected chi connectivity index (χ2v) is 2.88. The van der Waals surface area contributed by atoms with E-state index in [4.69, 9.17) is 5.11 Å². The second-order valence-electron chi connectivity index (χ2n) is 1.33. The first-order valence-electron chi connectivity index (χ1n) is 2.17. The van der Waals surface area contributed by atoms with Crippen molar-refractivity contribution in [2.24, 2.45) is 0 Å². The lowest BCUT2D eigenvalue weighted by molar-refractivity contribution is -0.170. The number of rotatable bonds is 2. The lowest BCUT2D eigenvalue weighted by Gasteiger charge is -1.92. The average Bonchev–Trinajstić information content (AvgIpc) is 1.84. The molecule has 9 heavy (non-hydrogen) atoms. The Hall–Kier alpha value is -0.440. The van der Waals surface area contributed by atoms with Crippen molar-refractivity contribution in [3.8, 4) is 0 Å². The molecule has 0 spiro atoms. The van der Waals surface area contributed by atoms with Crippen molar-refractivity contribution in [2.75, 3.05) is 7.11 Å². The summed E-state index contributed by atoms with van der Waals surface area (Å²) >= 11 is 0. The summed E-state index contributed by atoms with van der Waals surface area (Å²) in [5.74, 6) is -1.18. The third-order valence-corrected chi connectivity index (χ3v) is 1.82. The normalized spacial score (nSPS) is 12.8. The van der Waals surface area contributed by atoms with E-state index in [1.54, 1.807) is 0 Å². The Balaban J connectivity index is 4.28. The van der Waals surface area contributed by atoms with Gasteiger partial charge in [-0.1, -0.05) is 0 Å². The maximum atomic E-state index is 10.5. The fraction of sp³-hybridized carbons (Fsp3) is 0.500. The van der Waals surface area contributed by atoms with Gasteiger partial charge in [0.1, 0.15) is 0 Å². The first-order valence-corrected chi connectivity index (χ1v) is 3.35. The summed E-state index contributed by atoms with van der Waals surface area (Å²) in [6.07, 6.45) is 0. The standard InChI is InChI=1S/C4H7O4P/c1-3(4(5)6)9(7)8-2/h1-2H3,(H,5,6). The van der Waals surface area contributed by atoms with Crippen molar-refractivity contribution in [1.82, 2.24) is 0 Å². The van der Waals surface area contributed by atoms with Crippen molar-refractivity contribution in [3.05, 3.63) is 0 Å². The molecule has 1 unspecified atom stereocenters. The first-order chi connectivity index (χ1) is 4.09. The molecule has 0 heterocycles. The molecule has 0 saturated carbocycles. The highest BCUT2D eigenvalue weighted by Crippen LogP contribution is 2.12. The Morgan fingerprint density at radius 1 is 1.78 bits per heavy atom. The lowest BCUT2D eigenvalue weighted by atomic mass is 10.5. The summed E-state index contributed by atoms with van der Waals surface area (Å²) in [7, 11) is -0.912. The van der Waals surface area contributed by atoms with Crippen LogP contribution in [0.2, 0.25) is 0 Å². The van der Waals surface area contributed by atoms with Crippen LogP contribution in [0.25, 0.3) is 0 Å². The Bertz CT molecular complexity index is 151. The maximum absolute atomic E-state index is 10.5. The summed E-state index contributed by atoms with van der Waals surface area (Å²) in [5.41, 5.74) is 0. The first kappa shape index (κ1) is 8.56. The minimum absolute atomic E-state index is 0.160.